The number of hydrogen-bond donors (Lipinski definition) is 1. The largest absolute Gasteiger partial charge is 0.497 e. The molecule has 0 aliphatic carbocycles. The molecule has 1 saturated heterocycles. The first-order valence-corrected chi connectivity index (χ1v) is 12.6. The van der Waals surface area contributed by atoms with Crippen molar-refractivity contribution in [2.45, 2.75) is 29.5 Å². The number of methoxy groups -OCH3 is 1. The Kier molecular flexibility index (Phi) is 6.30. The van der Waals surface area contributed by atoms with Gasteiger partial charge in [-0.05, 0) is 61.3 Å². The monoisotopic (exact) mass is 441 g/mol. The van der Waals surface area contributed by atoms with Crippen LogP contribution in [0.1, 0.15) is 11.1 Å². The number of halogens is 1. The molecule has 2 aromatic carbocycles. The quantitative estimate of drug-likeness (QED) is 0.661. The minimum atomic E-state index is -3.93. The Balaban J connectivity index is 1.77. The van der Waals surface area contributed by atoms with Gasteiger partial charge >= 0.3 is 0 Å². The molecule has 2 aromatic rings. The molecule has 0 aromatic heterocycles. The van der Waals surface area contributed by atoms with E-state index in [1.165, 1.54) is 19.1 Å². The smallest absolute Gasteiger partial charge is 0.183 e. The molecule has 1 aliphatic heterocycles. The first-order chi connectivity index (χ1) is 13.6. The summed E-state index contributed by atoms with van der Waals surface area (Å²) >= 11 is 0. The average molecular weight is 442 g/mol. The summed E-state index contributed by atoms with van der Waals surface area (Å²) in [7, 11) is -5.85. The topological polar surface area (TPSA) is 89.5 Å². The maximum Gasteiger partial charge on any atom is 0.183 e. The van der Waals surface area contributed by atoms with Crippen LogP contribution in [0.2, 0.25) is 0 Å². The van der Waals surface area contributed by atoms with Crippen LogP contribution in [0, 0.1) is 12.7 Å². The Labute approximate surface area is 170 Å². The lowest BCUT2D eigenvalue weighted by atomic mass is 10.1. The first kappa shape index (κ1) is 21.7. The summed E-state index contributed by atoms with van der Waals surface area (Å²) in [5, 5.41) is 1.99. The van der Waals surface area contributed by atoms with Crippen LogP contribution >= 0.6 is 0 Å². The van der Waals surface area contributed by atoms with Crippen LogP contribution < -0.4 is 10.1 Å². The molecule has 9 heteroatoms. The summed E-state index contributed by atoms with van der Waals surface area (Å²) in [4.78, 5) is -0.0573. The van der Waals surface area contributed by atoms with Crippen LogP contribution in [0.25, 0.3) is 0 Å². The van der Waals surface area contributed by atoms with E-state index >= 15 is 0 Å². The van der Waals surface area contributed by atoms with Crippen molar-refractivity contribution in [1.82, 2.24) is 5.32 Å². The van der Waals surface area contributed by atoms with E-state index < -0.39 is 42.5 Å². The fourth-order valence-electron chi connectivity index (χ4n) is 3.51. The summed E-state index contributed by atoms with van der Waals surface area (Å²) in [6.07, 6.45) is 0.593. The Morgan fingerprint density at radius 3 is 2.62 bits per heavy atom. The van der Waals surface area contributed by atoms with Crippen molar-refractivity contribution in [2.24, 2.45) is 0 Å². The fourth-order valence-corrected chi connectivity index (χ4v) is 8.31. The third kappa shape index (κ3) is 4.96. The molecule has 158 valence electrons. The molecule has 0 unspecified atom stereocenters. The molecular formula is C20H24FNO5S2. The molecule has 0 radical (unpaired) electrons. The highest BCUT2D eigenvalue weighted by Gasteiger charge is 2.45. The minimum absolute atomic E-state index is 0.0573. The molecule has 0 amide bonds. The van der Waals surface area contributed by atoms with E-state index in [1.54, 1.807) is 7.11 Å². The number of sulfone groups is 2. The van der Waals surface area contributed by atoms with E-state index in [-0.39, 0.29) is 16.2 Å². The lowest BCUT2D eigenvalue weighted by Crippen LogP contribution is -2.44. The molecule has 1 N–H and O–H groups in total. The van der Waals surface area contributed by atoms with E-state index in [0.717, 1.165) is 17.4 Å². The van der Waals surface area contributed by atoms with Gasteiger partial charge in [-0.15, -0.1) is 0 Å². The van der Waals surface area contributed by atoms with Crippen LogP contribution in [0.3, 0.4) is 0 Å². The van der Waals surface area contributed by atoms with Gasteiger partial charge in [0.15, 0.2) is 19.7 Å². The predicted molar refractivity (Wildman–Crippen MR) is 109 cm³/mol. The van der Waals surface area contributed by atoms with Gasteiger partial charge in [-0.2, -0.15) is 0 Å². The number of rotatable bonds is 7. The third-order valence-corrected chi connectivity index (χ3v) is 9.26. The van der Waals surface area contributed by atoms with Crippen LogP contribution in [0.5, 0.6) is 5.75 Å². The number of ether oxygens (including phenoxy) is 1. The van der Waals surface area contributed by atoms with Gasteiger partial charge in [0, 0.05) is 6.04 Å². The summed E-state index contributed by atoms with van der Waals surface area (Å²) < 4.78 is 69.2. The zero-order chi connectivity index (χ0) is 21.2. The first-order valence-electron chi connectivity index (χ1n) is 9.19. The van der Waals surface area contributed by atoms with Gasteiger partial charge in [-0.1, -0.05) is 12.1 Å². The van der Waals surface area contributed by atoms with Crippen molar-refractivity contribution in [3.63, 3.8) is 0 Å². The number of benzene rings is 2. The molecule has 2 atom stereocenters. The SMILES string of the molecule is COc1cccc(CCN[C@@H]2CS(=O)(=O)C[C@H]2S(=O)(=O)c2ccc(F)c(C)c2)c1. The maximum atomic E-state index is 13.5. The normalized spacial score (nSPS) is 21.2. The van der Waals surface area contributed by atoms with Gasteiger partial charge in [0.05, 0.1) is 28.8 Å². The van der Waals surface area contributed by atoms with Crippen molar-refractivity contribution in [3.8, 4) is 5.75 Å². The van der Waals surface area contributed by atoms with E-state index in [9.17, 15) is 21.2 Å². The predicted octanol–water partition coefficient (Wildman–Crippen LogP) is 1.91. The molecule has 6 nitrogen and oxygen atoms in total. The van der Waals surface area contributed by atoms with Gasteiger partial charge in [0.25, 0.3) is 0 Å². The second-order valence-electron chi connectivity index (χ2n) is 7.23. The summed E-state index contributed by atoms with van der Waals surface area (Å²) in [6.45, 7) is 1.89. The Morgan fingerprint density at radius 2 is 1.93 bits per heavy atom. The van der Waals surface area contributed by atoms with Crippen LogP contribution in [-0.2, 0) is 26.1 Å². The maximum absolute atomic E-state index is 13.5. The number of hydrogen-bond acceptors (Lipinski definition) is 6. The highest BCUT2D eigenvalue weighted by atomic mass is 32.2. The Hall–Kier alpha value is -1.97. The van der Waals surface area contributed by atoms with Gasteiger partial charge in [-0.3, -0.25) is 0 Å². The summed E-state index contributed by atoms with van der Waals surface area (Å²) in [6, 6.07) is 10.3. The van der Waals surface area contributed by atoms with Crippen molar-refractivity contribution in [3.05, 3.63) is 59.4 Å². The molecule has 1 aliphatic rings. The minimum Gasteiger partial charge on any atom is -0.497 e. The molecule has 29 heavy (non-hydrogen) atoms. The van der Waals surface area contributed by atoms with E-state index in [4.69, 9.17) is 4.74 Å². The zero-order valence-corrected chi connectivity index (χ0v) is 17.9. The zero-order valence-electron chi connectivity index (χ0n) is 16.3. The second-order valence-corrected chi connectivity index (χ2v) is 11.6. The standard InChI is InChI=1S/C20H24FNO5S2/c1-14-10-17(6-7-18(14)21)29(25,26)20-13-28(23,24)12-19(20)22-9-8-15-4-3-5-16(11-15)27-2/h3-7,10-11,19-20,22H,8-9,12-13H2,1-2H3/t19-,20-/m1/s1. The van der Waals surface area contributed by atoms with Crippen molar-refractivity contribution in [1.29, 1.82) is 0 Å². The summed E-state index contributed by atoms with van der Waals surface area (Å²) in [5.74, 6) is -0.466. The number of nitrogens with one attached hydrogen (secondary N) is 1. The van der Waals surface area contributed by atoms with Gasteiger partial charge in [0.2, 0.25) is 0 Å². The van der Waals surface area contributed by atoms with E-state index in [1.807, 2.05) is 24.3 Å². The van der Waals surface area contributed by atoms with E-state index in [2.05, 4.69) is 5.32 Å². The number of aryl methyl sites for hydroxylation is 1. The van der Waals surface area contributed by atoms with Crippen LogP contribution in [0.4, 0.5) is 4.39 Å². The van der Waals surface area contributed by atoms with E-state index in [0.29, 0.717) is 13.0 Å². The molecular weight excluding hydrogens is 417 g/mol. The average Bonchev–Trinajstić information content (AvgIpc) is 2.99. The summed E-state index contributed by atoms with van der Waals surface area (Å²) in [5.41, 5.74) is 1.20. The lowest BCUT2D eigenvalue weighted by Gasteiger charge is -2.20. The van der Waals surface area contributed by atoms with Gasteiger partial charge in [0.1, 0.15) is 11.6 Å². The van der Waals surface area contributed by atoms with Crippen LogP contribution in [-0.4, -0.2) is 53.3 Å². The van der Waals surface area contributed by atoms with Crippen molar-refractivity contribution < 1.29 is 26.0 Å². The highest BCUT2D eigenvalue weighted by Crippen LogP contribution is 2.27. The second kappa shape index (κ2) is 8.41. The molecule has 0 spiro atoms. The molecule has 1 fully saturated rings. The third-order valence-electron chi connectivity index (χ3n) is 5.11. The fraction of sp³-hybridized carbons (Fsp3) is 0.400. The molecule has 0 bridgehead atoms. The lowest BCUT2D eigenvalue weighted by molar-refractivity contribution is 0.414. The molecule has 0 saturated carbocycles. The van der Waals surface area contributed by atoms with Crippen molar-refractivity contribution in [2.75, 3.05) is 25.2 Å². The van der Waals surface area contributed by atoms with Gasteiger partial charge in [-0.25, -0.2) is 21.2 Å². The highest BCUT2D eigenvalue weighted by molar-refractivity contribution is 7.96. The molecule has 3 rings (SSSR count). The molecule has 1 heterocycles. The van der Waals surface area contributed by atoms with Crippen molar-refractivity contribution >= 4 is 19.7 Å². The van der Waals surface area contributed by atoms with Gasteiger partial charge < -0.3 is 10.1 Å². The Morgan fingerprint density at radius 1 is 1.17 bits per heavy atom. The Bertz CT molecular complexity index is 1100. The van der Waals surface area contributed by atoms with Crippen LogP contribution in [0.15, 0.2) is 47.4 Å².